The number of hydrogen-bond donors (Lipinski definition) is 3. The topological polar surface area (TPSA) is 141 Å². The molecule has 0 saturated carbocycles. The lowest BCUT2D eigenvalue weighted by Crippen LogP contribution is -1.97. The maximum absolute atomic E-state index is 8.78. The van der Waals surface area contributed by atoms with Crippen LogP contribution in [0.2, 0.25) is 0 Å². The van der Waals surface area contributed by atoms with Crippen molar-refractivity contribution in [3.05, 3.63) is 0 Å². The summed E-state index contributed by atoms with van der Waals surface area (Å²) < 4.78 is 49.1. The molecule has 1 unspecified atom stereocenters. The molecule has 0 aliphatic heterocycles. The molecular weight excluding hydrogens is 174 g/mol. The van der Waals surface area contributed by atoms with Gasteiger partial charge in [-0.25, -0.2) is 0 Å². The minimum atomic E-state index is -4.67. The van der Waals surface area contributed by atoms with Gasteiger partial charge in [0.15, 0.2) is 0 Å². The van der Waals surface area contributed by atoms with Crippen LogP contribution >= 0.6 is 0 Å². The van der Waals surface area contributed by atoms with Crippen LogP contribution in [0.25, 0.3) is 0 Å². The zero-order valence-corrected chi connectivity index (χ0v) is 5.55. The number of hydrogen-bond acceptors (Lipinski definition) is 4. The molecule has 7 nitrogen and oxygen atoms in total. The van der Waals surface area contributed by atoms with Gasteiger partial charge in [0.25, 0.3) is 0 Å². The van der Waals surface area contributed by atoms with Gasteiger partial charge < -0.3 is 4.55 Å². The molecule has 1 atom stereocenters. The fourth-order valence-corrected chi connectivity index (χ4v) is 0. The fraction of sp³-hybridized carbons (Fsp3) is 0. The first-order valence-corrected chi connectivity index (χ1v) is 3.80. The van der Waals surface area contributed by atoms with E-state index in [-0.39, 0.29) is 0 Å². The Bertz CT molecular complexity index is 153. The molecule has 9 heavy (non-hydrogen) atoms. The second-order valence-electron chi connectivity index (χ2n) is 0.708. The van der Waals surface area contributed by atoms with E-state index in [9.17, 15) is 0 Å². The third kappa shape index (κ3) is 77800. The molecule has 9 heteroatoms. The van der Waals surface area contributed by atoms with E-state index in [0.29, 0.717) is 0 Å². The van der Waals surface area contributed by atoms with Crippen molar-refractivity contribution in [3.8, 4) is 0 Å². The van der Waals surface area contributed by atoms with Crippen LogP contribution in [0.5, 0.6) is 0 Å². The van der Waals surface area contributed by atoms with Crippen LogP contribution in [0, 0.1) is 0 Å². The van der Waals surface area contributed by atoms with Gasteiger partial charge in [-0.3, -0.25) is 18.5 Å². The summed E-state index contributed by atoms with van der Waals surface area (Å²) in [6.45, 7) is 0. The summed E-state index contributed by atoms with van der Waals surface area (Å²) in [6, 6.07) is 0. The van der Waals surface area contributed by atoms with Gasteiger partial charge >= 0.3 is 10.4 Å². The van der Waals surface area contributed by atoms with Crippen molar-refractivity contribution in [1.82, 2.24) is 0 Å². The Morgan fingerprint density at radius 1 is 1.44 bits per heavy atom. The summed E-state index contributed by atoms with van der Waals surface area (Å²) in [4.78, 5) is 0. The normalized spacial score (nSPS) is 13.3. The maximum Gasteiger partial charge on any atom is 0.394 e. The Kier molecular flexibility index (Phi) is 6.22. The molecule has 0 aromatic heterocycles. The van der Waals surface area contributed by atoms with Crippen molar-refractivity contribution >= 4 is 21.7 Å². The molecule has 0 aromatic carbocycles. The van der Waals surface area contributed by atoms with Gasteiger partial charge in [-0.1, -0.05) is 0 Å². The van der Waals surface area contributed by atoms with Crippen LogP contribution in [0.3, 0.4) is 0 Å². The van der Waals surface area contributed by atoms with E-state index in [1.165, 1.54) is 0 Å². The molecule has 0 spiro atoms. The Hall–Kier alpha value is -0.0600. The Balaban J connectivity index is 0. The van der Waals surface area contributed by atoms with Crippen molar-refractivity contribution in [1.29, 1.82) is 0 Å². The Labute approximate surface area is 53.9 Å². The highest BCUT2D eigenvalue weighted by Gasteiger charge is 1.84. The van der Waals surface area contributed by atoms with E-state index >= 15 is 0 Å². The van der Waals surface area contributed by atoms with Gasteiger partial charge in [0.2, 0.25) is 0 Å². The summed E-state index contributed by atoms with van der Waals surface area (Å²) in [5.74, 6) is 0. The van der Waals surface area contributed by atoms with Crippen molar-refractivity contribution in [3.63, 3.8) is 0 Å². The van der Waals surface area contributed by atoms with Crippen molar-refractivity contribution in [2.45, 2.75) is 0 Å². The summed E-state index contributed by atoms with van der Waals surface area (Å²) in [5, 5.41) is 4.03. The van der Waals surface area contributed by atoms with E-state index in [4.69, 9.17) is 26.3 Å². The average molecular weight is 178 g/mol. The predicted molar refractivity (Wildman–Crippen MR) is 27.3 cm³/mol. The highest BCUT2D eigenvalue weighted by atomic mass is 32.3. The molecule has 0 heterocycles. The Morgan fingerprint density at radius 3 is 1.44 bits per heavy atom. The van der Waals surface area contributed by atoms with Crippen LogP contribution in [0.4, 0.5) is 0 Å². The fourth-order valence-electron chi connectivity index (χ4n) is 0. The third-order valence-corrected chi connectivity index (χ3v) is 0. The third-order valence-electron chi connectivity index (χ3n) is 0. The van der Waals surface area contributed by atoms with Gasteiger partial charge in [0.05, 0.1) is 0 Å². The Morgan fingerprint density at radius 2 is 1.44 bits per heavy atom. The van der Waals surface area contributed by atoms with Crippen LogP contribution < -0.4 is 5.14 Å². The lowest BCUT2D eigenvalue weighted by molar-refractivity contribution is 0.381. The van der Waals surface area contributed by atoms with Crippen molar-refractivity contribution < 1.29 is 26.3 Å². The molecule has 0 aliphatic rings. The van der Waals surface area contributed by atoms with Gasteiger partial charge in [-0.05, 0) is 0 Å². The molecular formula is H4NO6S2-. The second-order valence-corrected chi connectivity index (χ2v) is 2.12. The summed E-state index contributed by atoms with van der Waals surface area (Å²) in [5.41, 5.74) is 0. The maximum atomic E-state index is 8.78. The zero-order chi connectivity index (χ0) is 8.08. The van der Waals surface area contributed by atoms with Crippen molar-refractivity contribution in [2.75, 3.05) is 0 Å². The number of nitrogens with two attached hydrogens (primary N) is 1. The highest BCUT2D eigenvalue weighted by molar-refractivity contribution is 7.79. The van der Waals surface area contributed by atoms with Crippen molar-refractivity contribution in [2.24, 2.45) is 5.14 Å². The van der Waals surface area contributed by atoms with E-state index in [2.05, 4.69) is 5.14 Å². The molecule has 0 aromatic rings. The quantitative estimate of drug-likeness (QED) is 0.292. The van der Waals surface area contributed by atoms with Crippen LogP contribution in [-0.4, -0.2) is 26.3 Å². The van der Waals surface area contributed by atoms with E-state index in [0.717, 1.165) is 0 Å². The first kappa shape index (κ1) is 11.7. The SMILES string of the molecule is NS(=O)[O-].O=S(=O)(O)O. The molecule has 0 aliphatic carbocycles. The molecule has 58 valence electrons. The monoisotopic (exact) mass is 178 g/mol. The standard InChI is InChI=1S/H3NO2S.H2O4S/c1-4(2)3;1-5(2,3)4/h1H2,(H,2,3);(H2,1,2,3,4)/p-1. The van der Waals surface area contributed by atoms with Gasteiger partial charge in [-0.15, -0.1) is 0 Å². The zero-order valence-electron chi connectivity index (χ0n) is 3.92. The van der Waals surface area contributed by atoms with Gasteiger partial charge in [-0.2, -0.15) is 8.42 Å². The van der Waals surface area contributed by atoms with Gasteiger partial charge in [0.1, 0.15) is 0 Å². The van der Waals surface area contributed by atoms with Crippen LogP contribution in [0.1, 0.15) is 0 Å². The summed E-state index contributed by atoms with van der Waals surface area (Å²) in [7, 11) is -4.67. The molecule has 4 N–H and O–H groups in total. The summed E-state index contributed by atoms with van der Waals surface area (Å²) >= 11 is -2.36. The molecule has 0 rings (SSSR count). The second kappa shape index (κ2) is 4.78. The first-order chi connectivity index (χ1) is 3.73. The van der Waals surface area contributed by atoms with Gasteiger partial charge in [0, 0.05) is 11.3 Å². The molecule has 0 bridgehead atoms. The smallest absolute Gasteiger partial charge is 0.394 e. The summed E-state index contributed by atoms with van der Waals surface area (Å²) in [6.07, 6.45) is 0. The molecule has 0 fully saturated rings. The highest BCUT2D eigenvalue weighted by Crippen LogP contribution is 1.59. The minimum Gasteiger partial charge on any atom is -0.760 e. The van der Waals surface area contributed by atoms with Crippen LogP contribution in [-0.2, 0) is 21.7 Å². The first-order valence-electron chi connectivity index (χ1n) is 1.27. The lowest BCUT2D eigenvalue weighted by Gasteiger charge is -1.85. The van der Waals surface area contributed by atoms with E-state index in [1.807, 2.05) is 0 Å². The molecule has 0 radical (unpaired) electrons. The minimum absolute atomic E-state index is 2.36. The average Bonchev–Trinajstić information content (AvgIpc) is 1.19. The van der Waals surface area contributed by atoms with E-state index < -0.39 is 21.7 Å². The lowest BCUT2D eigenvalue weighted by atomic mass is 13.9. The molecule has 0 saturated heterocycles. The predicted octanol–water partition coefficient (Wildman–Crippen LogP) is -1.91. The largest absolute Gasteiger partial charge is 0.760 e. The number of rotatable bonds is 0. The van der Waals surface area contributed by atoms with E-state index in [1.54, 1.807) is 0 Å². The molecule has 0 amide bonds. The van der Waals surface area contributed by atoms with Crippen LogP contribution in [0.15, 0.2) is 0 Å².